The van der Waals surface area contributed by atoms with Gasteiger partial charge in [0.05, 0.1) is 19.6 Å². The summed E-state index contributed by atoms with van der Waals surface area (Å²) in [6.07, 6.45) is 1.98. The molecular weight excluding hydrogens is 424 g/mol. The average molecular weight is 459 g/mol. The van der Waals surface area contributed by atoms with E-state index in [1.54, 1.807) is 6.20 Å². The van der Waals surface area contributed by atoms with Crippen LogP contribution < -0.4 is 27.0 Å². The molecule has 0 saturated carbocycles. The van der Waals surface area contributed by atoms with E-state index < -0.39 is 23.8 Å². The summed E-state index contributed by atoms with van der Waals surface area (Å²) in [5, 5.41) is 11.4. The number of nitrogens with two attached hydrogens (primary N) is 1. The SMILES string of the molecule is CC(NC(=O)CNC(=O)[C@H](Cc1c[nH]c2ccccc12)NC(=O)CNC(=O)CN)C(C)(C)C. The summed E-state index contributed by atoms with van der Waals surface area (Å²) in [5.74, 6) is -1.84. The van der Waals surface area contributed by atoms with Gasteiger partial charge in [-0.15, -0.1) is 0 Å². The lowest BCUT2D eigenvalue weighted by atomic mass is 9.88. The Hall–Kier alpha value is -3.40. The molecule has 1 unspecified atom stereocenters. The number of hydrogen-bond acceptors (Lipinski definition) is 5. The summed E-state index contributed by atoms with van der Waals surface area (Å²) in [7, 11) is 0. The smallest absolute Gasteiger partial charge is 0.243 e. The van der Waals surface area contributed by atoms with Gasteiger partial charge in [-0.2, -0.15) is 0 Å². The Balaban J connectivity index is 2.07. The van der Waals surface area contributed by atoms with Crippen molar-refractivity contribution in [2.45, 2.75) is 46.2 Å². The summed E-state index contributed by atoms with van der Waals surface area (Å²) < 4.78 is 0. The highest BCUT2D eigenvalue weighted by Crippen LogP contribution is 2.19. The molecule has 0 aliphatic carbocycles. The molecule has 0 fully saturated rings. The number of hydrogen-bond donors (Lipinski definition) is 6. The lowest BCUT2D eigenvalue weighted by Gasteiger charge is -2.28. The van der Waals surface area contributed by atoms with Gasteiger partial charge in [0.1, 0.15) is 6.04 Å². The molecule has 2 rings (SSSR count). The maximum atomic E-state index is 12.9. The minimum Gasteiger partial charge on any atom is -0.361 e. The molecule has 2 atom stereocenters. The molecule has 33 heavy (non-hydrogen) atoms. The fourth-order valence-electron chi connectivity index (χ4n) is 3.03. The fraction of sp³-hybridized carbons (Fsp3) is 0.478. The predicted molar refractivity (Wildman–Crippen MR) is 126 cm³/mol. The minimum absolute atomic E-state index is 0.0882. The molecule has 1 aromatic carbocycles. The number of H-pyrrole nitrogens is 1. The number of benzene rings is 1. The van der Waals surface area contributed by atoms with Crippen LogP contribution in [0.15, 0.2) is 30.5 Å². The van der Waals surface area contributed by atoms with Gasteiger partial charge in [-0.3, -0.25) is 19.2 Å². The summed E-state index contributed by atoms with van der Waals surface area (Å²) in [4.78, 5) is 52.0. The highest BCUT2D eigenvalue weighted by Gasteiger charge is 2.25. The summed E-state index contributed by atoms with van der Waals surface area (Å²) in [6.45, 7) is 7.15. The third kappa shape index (κ3) is 7.90. The van der Waals surface area contributed by atoms with Crippen molar-refractivity contribution in [1.82, 2.24) is 26.3 Å². The van der Waals surface area contributed by atoms with E-state index in [1.807, 2.05) is 52.0 Å². The molecule has 0 radical (unpaired) electrons. The predicted octanol–water partition coefficient (Wildman–Crippen LogP) is -0.0629. The van der Waals surface area contributed by atoms with Crippen molar-refractivity contribution < 1.29 is 19.2 Å². The molecule has 0 saturated heterocycles. The topological polar surface area (TPSA) is 158 Å². The monoisotopic (exact) mass is 458 g/mol. The number of aromatic amines is 1. The van der Waals surface area contributed by atoms with Crippen LogP contribution in [0.2, 0.25) is 0 Å². The third-order valence-electron chi connectivity index (χ3n) is 5.48. The van der Waals surface area contributed by atoms with Crippen molar-refractivity contribution in [3.8, 4) is 0 Å². The maximum absolute atomic E-state index is 12.9. The van der Waals surface area contributed by atoms with Crippen LogP contribution in [-0.2, 0) is 25.6 Å². The van der Waals surface area contributed by atoms with E-state index in [-0.39, 0.29) is 43.4 Å². The van der Waals surface area contributed by atoms with Crippen molar-refractivity contribution in [2.75, 3.05) is 19.6 Å². The number of aromatic nitrogens is 1. The van der Waals surface area contributed by atoms with Gasteiger partial charge >= 0.3 is 0 Å². The van der Waals surface area contributed by atoms with E-state index in [9.17, 15) is 19.2 Å². The number of rotatable bonds is 10. The van der Waals surface area contributed by atoms with Crippen LogP contribution in [-0.4, -0.2) is 60.3 Å². The largest absolute Gasteiger partial charge is 0.361 e. The second-order valence-corrected chi connectivity index (χ2v) is 9.04. The molecular formula is C23H34N6O4. The first-order valence-corrected chi connectivity index (χ1v) is 10.9. The van der Waals surface area contributed by atoms with E-state index in [0.717, 1.165) is 16.5 Å². The number of fused-ring (bicyclic) bond motifs is 1. The minimum atomic E-state index is -0.945. The van der Waals surface area contributed by atoms with Gasteiger partial charge in [-0.05, 0) is 24.0 Å². The van der Waals surface area contributed by atoms with E-state index in [4.69, 9.17) is 5.73 Å². The second kappa shape index (κ2) is 11.5. The summed E-state index contributed by atoms with van der Waals surface area (Å²) >= 11 is 0. The van der Waals surface area contributed by atoms with Crippen molar-refractivity contribution in [3.05, 3.63) is 36.0 Å². The van der Waals surface area contributed by atoms with Gasteiger partial charge < -0.3 is 32.0 Å². The van der Waals surface area contributed by atoms with E-state index in [2.05, 4.69) is 26.3 Å². The molecule has 10 heteroatoms. The molecule has 0 spiro atoms. The Morgan fingerprint density at radius 1 is 0.970 bits per heavy atom. The van der Waals surface area contributed by atoms with Gasteiger partial charge in [-0.1, -0.05) is 39.0 Å². The zero-order valence-electron chi connectivity index (χ0n) is 19.6. The van der Waals surface area contributed by atoms with Crippen molar-refractivity contribution in [2.24, 2.45) is 11.1 Å². The second-order valence-electron chi connectivity index (χ2n) is 9.04. The van der Waals surface area contributed by atoms with Gasteiger partial charge in [-0.25, -0.2) is 0 Å². The third-order valence-corrected chi connectivity index (χ3v) is 5.48. The van der Waals surface area contributed by atoms with E-state index in [0.29, 0.717) is 0 Å². The van der Waals surface area contributed by atoms with E-state index in [1.165, 1.54) is 0 Å². The molecule has 2 aromatic rings. The molecule has 0 bridgehead atoms. The van der Waals surface area contributed by atoms with Gasteiger partial charge in [0.15, 0.2) is 0 Å². The number of nitrogens with one attached hydrogen (secondary N) is 5. The number of para-hydroxylation sites is 1. The molecule has 4 amide bonds. The van der Waals surface area contributed by atoms with Crippen LogP contribution in [0.4, 0.5) is 0 Å². The molecule has 1 heterocycles. The molecule has 7 N–H and O–H groups in total. The maximum Gasteiger partial charge on any atom is 0.243 e. The number of carbonyl (C=O) groups is 4. The van der Waals surface area contributed by atoms with Crippen LogP contribution in [0, 0.1) is 5.41 Å². The van der Waals surface area contributed by atoms with Crippen LogP contribution >= 0.6 is 0 Å². The van der Waals surface area contributed by atoms with Crippen LogP contribution in [0.1, 0.15) is 33.3 Å². The lowest BCUT2D eigenvalue weighted by Crippen LogP contribution is -2.53. The molecule has 0 aliphatic rings. The summed E-state index contributed by atoms with van der Waals surface area (Å²) in [5.41, 5.74) is 6.85. The summed E-state index contributed by atoms with van der Waals surface area (Å²) in [6, 6.07) is 6.58. The highest BCUT2D eigenvalue weighted by molar-refractivity contribution is 5.93. The van der Waals surface area contributed by atoms with Gasteiger partial charge in [0.2, 0.25) is 23.6 Å². The van der Waals surface area contributed by atoms with Gasteiger partial charge in [0.25, 0.3) is 0 Å². The number of amides is 4. The quantitative estimate of drug-likeness (QED) is 0.294. The van der Waals surface area contributed by atoms with Crippen molar-refractivity contribution >= 4 is 34.5 Å². The zero-order valence-corrected chi connectivity index (χ0v) is 19.6. The Bertz CT molecular complexity index is 994. The van der Waals surface area contributed by atoms with Crippen molar-refractivity contribution in [3.63, 3.8) is 0 Å². The van der Waals surface area contributed by atoms with Crippen LogP contribution in [0.3, 0.4) is 0 Å². The molecule has 180 valence electrons. The fourth-order valence-corrected chi connectivity index (χ4v) is 3.03. The first kappa shape index (κ1) is 25.9. The Kier molecular flexibility index (Phi) is 8.98. The van der Waals surface area contributed by atoms with Crippen LogP contribution in [0.5, 0.6) is 0 Å². The first-order valence-electron chi connectivity index (χ1n) is 10.9. The zero-order chi connectivity index (χ0) is 24.6. The molecule has 0 aliphatic heterocycles. The van der Waals surface area contributed by atoms with E-state index >= 15 is 0 Å². The van der Waals surface area contributed by atoms with Gasteiger partial charge in [0, 0.05) is 29.6 Å². The first-order chi connectivity index (χ1) is 15.5. The molecule has 10 nitrogen and oxygen atoms in total. The number of carbonyl (C=O) groups excluding carboxylic acids is 4. The van der Waals surface area contributed by atoms with Crippen molar-refractivity contribution in [1.29, 1.82) is 0 Å². The Morgan fingerprint density at radius 3 is 2.27 bits per heavy atom. The van der Waals surface area contributed by atoms with Crippen LogP contribution in [0.25, 0.3) is 10.9 Å². The lowest BCUT2D eigenvalue weighted by molar-refractivity contribution is -0.131. The highest BCUT2D eigenvalue weighted by atomic mass is 16.2. The normalized spacial score (nSPS) is 13.1. The standard InChI is InChI=1S/C23H34N6O4/c1-14(23(2,3)4)28-20(31)13-27-22(33)18(29-21(32)12-26-19(30)10-24)9-15-11-25-17-8-6-5-7-16(15)17/h5-8,11,14,18,25H,9-10,12-13,24H2,1-4H3,(H,26,30)(H,27,33)(H,28,31)(H,29,32)/t14?,18-/m0/s1. The Labute approximate surface area is 193 Å². The Morgan fingerprint density at radius 2 is 1.61 bits per heavy atom. The molecule has 1 aromatic heterocycles. The average Bonchev–Trinajstić information content (AvgIpc) is 3.17.